The van der Waals surface area contributed by atoms with Gasteiger partial charge in [0.1, 0.15) is 5.82 Å². The maximum atomic E-state index is 13.8. The van der Waals surface area contributed by atoms with E-state index in [9.17, 15) is 8.78 Å². The Morgan fingerprint density at radius 3 is 2.44 bits per heavy atom. The van der Waals surface area contributed by atoms with Crippen LogP contribution in [0.2, 0.25) is 0 Å². The van der Waals surface area contributed by atoms with Crippen molar-refractivity contribution in [2.45, 2.75) is 57.7 Å². The van der Waals surface area contributed by atoms with Crippen molar-refractivity contribution >= 4 is 17.0 Å². The molecule has 0 unspecified atom stereocenters. The van der Waals surface area contributed by atoms with Crippen molar-refractivity contribution in [1.82, 2.24) is 19.5 Å². The zero-order valence-corrected chi connectivity index (χ0v) is 15.7. The smallest absolute Gasteiger partial charge is 0.266 e. The summed E-state index contributed by atoms with van der Waals surface area (Å²) in [7, 11) is 0. The van der Waals surface area contributed by atoms with Crippen molar-refractivity contribution in [1.29, 1.82) is 0 Å². The minimum atomic E-state index is -2.72. The molecule has 2 aromatic rings. The summed E-state index contributed by atoms with van der Waals surface area (Å²) in [5.41, 5.74) is -0.118. The molecule has 0 saturated carbocycles. The molecule has 0 bridgehead atoms. The Labute approximate surface area is 154 Å². The average molecular weight is 377 g/mol. The van der Waals surface area contributed by atoms with Crippen LogP contribution in [0, 0.1) is 0 Å². The van der Waals surface area contributed by atoms with E-state index >= 15 is 0 Å². The van der Waals surface area contributed by atoms with Crippen LogP contribution in [0.4, 0.5) is 14.6 Å². The van der Waals surface area contributed by atoms with Gasteiger partial charge < -0.3 is 9.47 Å². The number of alkyl halides is 2. The Morgan fingerprint density at radius 2 is 1.85 bits per heavy atom. The summed E-state index contributed by atoms with van der Waals surface area (Å²) < 4.78 is 29.4. The maximum absolute atomic E-state index is 13.8. The molecule has 1 fully saturated rings. The fourth-order valence-corrected chi connectivity index (χ4v) is 3.16. The Bertz CT molecular complexity index is 929. The van der Waals surface area contributed by atoms with Crippen molar-refractivity contribution in [2.24, 2.45) is 20.7 Å². The summed E-state index contributed by atoms with van der Waals surface area (Å²) in [6.07, 6.45) is 1.42. The summed E-state index contributed by atoms with van der Waals surface area (Å²) in [6, 6.07) is 0. The Morgan fingerprint density at radius 1 is 1.15 bits per heavy atom. The lowest BCUT2D eigenvalue weighted by molar-refractivity contribution is 0.0257. The summed E-state index contributed by atoms with van der Waals surface area (Å²) in [6.45, 7) is 7.96. The number of imidazole rings is 1. The van der Waals surface area contributed by atoms with Crippen LogP contribution in [0.5, 0.6) is 0 Å². The predicted molar refractivity (Wildman–Crippen MR) is 93.9 cm³/mol. The molecule has 0 atom stereocenters. The van der Waals surface area contributed by atoms with E-state index in [4.69, 9.17) is 0 Å². The highest BCUT2D eigenvalue weighted by molar-refractivity contribution is 5.84. The quantitative estimate of drug-likeness (QED) is 0.817. The van der Waals surface area contributed by atoms with Crippen molar-refractivity contribution < 1.29 is 8.78 Å². The second kappa shape index (κ2) is 5.70. The lowest BCUT2D eigenvalue weighted by Crippen LogP contribution is -2.28. The van der Waals surface area contributed by atoms with Gasteiger partial charge in [-0.05, 0) is 17.4 Å². The largest absolute Gasteiger partial charge is 0.348 e. The fourth-order valence-electron chi connectivity index (χ4n) is 3.16. The predicted octanol–water partition coefficient (Wildman–Crippen LogP) is 3.52. The van der Waals surface area contributed by atoms with E-state index < -0.39 is 11.6 Å². The normalized spacial score (nSPS) is 20.9. The first-order valence-corrected chi connectivity index (χ1v) is 8.77. The van der Waals surface area contributed by atoms with E-state index in [1.54, 1.807) is 22.7 Å². The molecule has 0 N–H and O–H groups in total. The molecule has 11 heteroatoms. The SMILES string of the molecule is CC1(Cn2cnc3c(N4CCC(F)(F)C4)nc(C(C)(C)C)nc32)N=NN=N1. The molecule has 2 aliphatic heterocycles. The van der Waals surface area contributed by atoms with Gasteiger partial charge in [0.05, 0.1) is 19.4 Å². The number of fused-ring (bicyclic) bond motifs is 1. The molecule has 0 spiro atoms. The summed E-state index contributed by atoms with van der Waals surface area (Å²) in [5, 5.41) is 15.2. The van der Waals surface area contributed by atoms with E-state index in [0.717, 1.165) is 0 Å². The van der Waals surface area contributed by atoms with Gasteiger partial charge in [0, 0.05) is 18.4 Å². The van der Waals surface area contributed by atoms with Gasteiger partial charge >= 0.3 is 0 Å². The van der Waals surface area contributed by atoms with Gasteiger partial charge in [-0.3, -0.25) is 0 Å². The third-order valence-electron chi connectivity index (χ3n) is 4.62. The van der Waals surface area contributed by atoms with E-state index in [0.29, 0.717) is 29.4 Å². The van der Waals surface area contributed by atoms with Crippen LogP contribution >= 0.6 is 0 Å². The Balaban J connectivity index is 1.83. The van der Waals surface area contributed by atoms with Gasteiger partial charge in [-0.25, -0.2) is 23.7 Å². The van der Waals surface area contributed by atoms with Crippen LogP contribution in [0.25, 0.3) is 11.2 Å². The molecule has 0 radical (unpaired) electrons. The molecule has 27 heavy (non-hydrogen) atoms. The number of rotatable bonds is 3. The molecule has 144 valence electrons. The molecule has 0 aromatic carbocycles. The first-order valence-electron chi connectivity index (χ1n) is 8.77. The zero-order chi connectivity index (χ0) is 19.4. The van der Waals surface area contributed by atoms with Gasteiger partial charge in [0.2, 0.25) is 5.66 Å². The first-order chi connectivity index (χ1) is 12.6. The van der Waals surface area contributed by atoms with Gasteiger partial charge in [-0.1, -0.05) is 20.8 Å². The number of hydrogen-bond acceptors (Lipinski definition) is 8. The number of hydrogen-bond donors (Lipinski definition) is 0. The minimum absolute atomic E-state index is 0.192. The van der Waals surface area contributed by atoms with Crippen LogP contribution in [-0.2, 0) is 12.0 Å². The second-order valence-electron chi connectivity index (χ2n) is 8.29. The van der Waals surface area contributed by atoms with Crippen LogP contribution in [0.1, 0.15) is 39.9 Å². The molecule has 2 aliphatic rings. The van der Waals surface area contributed by atoms with Crippen molar-refractivity contribution in [3.63, 3.8) is 0 Å². The highest BCUT2D eigenvalue weighted by atomic mass is 19.3. The summed E-state index contributed by atoms with van der Waals surface area (Å²) in [5.74, 6) is -1.71. The van der Waals surface area contributed by atoms with Crippen molar-refractivity contribution in [2.75, 3.05) is 18.0 Å². The van der Waals surface area contributed by atoms with Crippen LogP contribution in [0.15, 0.2) is 27.0 Å². The van der Waals surface area contributed by atoms with E-state index in [2.05, 4.69) is 35.6 Å². The monoisotopic (exact) mass is 377 g/mol. The first kappa shape index (κ1) is 17.8. The molecule has 9 nitrogen and oxygen atoms in total. The van der Waals surface area contributed by atoms with Crippen molar-refractivity contribution in [3.05, 3.63) is 12.2 Å². The van der Waals surface area contributed by atoms with E-state index in [1.807, 2.05) is 20.8 Å². The van der Waals surface area contributed by atoms with Gasteiger partial charge in [0.15, 0.2) is 17.0 Å². The maximum Gasteiger partial charge on any atom is 0.266 e. The molecule has 0 amide bonds. The highest BCUT2D eigenvalue weighted by Crippen LogP contribution is 2.35. The molecule has 0 aliphatic carbocycles. The number of nitrogens with zero attached hydrogens (tertiary/aromatic N) is 9. The van der Waals surface area contributed by atoms with E-state index in [-0.39, 0.29) is 24.9 Å². The van der Waals surface area contributed by atoms with Gasteiger partial charge in [-0.15, -0.1) is 10.2 Å². The Kier molecular flexibility index (Phi) is 3.76. The topological polar surface area (TPSA) is 96.3 Å². The lowest BCUT2D eigenvalue weighted by Gasteiger charge is -2.22. The number of anilines is 1. The minimum Gasteiger partial charge on any atom is -0.348 e. The third-order valence-corrected chi connectivity index (χ3v) is 4.62. The average Bonchev–Trinajstić information content (AvgIpc) is 3.26. The standard InChI is InChI=1S/C16H21F2N9/c1-14(2,3)13-20-11(26-6-5-16(17,18)8-26)10-12(21-13)27(9-19-10)7-15(4)22-24-25-23-15/h9H,5-8H2,1-4H3. The molecular formula is C16H21F2N9. The van der Waals surface area contributed by atoms with Crippen molar-refractivity contribution in [3.8, 4) is 0 Å². The fraction of sp³-hybridized carbons (Fsp3) is 0.688. The summed E-state index contributed by atoms with van der Waals surface area (Å²) >= 11 is 0. The highest BCUT2D eigenvalue weighted by Gasteiger charge is 2.40. The lowest BCUT2D eigenvalue weighted by atomic mass is 9.96. The van der Waals surface area contributed by atoms with Gasteiger partial charge in [-0.2, -0.15) is 0 Å². The molecular weight excluding hydrogens is 356 g/mol. The molecule has 1 saturated heterocycles. The van der Waals surface area contributed by atoms with Crippen LogP contribution in [-0.4, -0.2) is 44.2 Å². The Hall–Kier alpha value is -2.59. The molecule has 4 heterocycles. The van der Waals surface area contributed by atoms with Crippen LogP contribution < -0.4 is 4.90 Å². The van der Waals surface area contributed by atoms with E-state index in [1.165, 1.54) is 0 Å². The number of halogens is 2. The molecule has 4 rings (SSSR count). The molecule has 2 aromatic heterocycles. The third kappa shape index (κ3) is 3.26. The summed E-state index contributed by atoms with van der Waals surface area (Å²) in [4.78, 5) is 15.3. The van der Waals surface area contributed by atoms with Gasteiger partial charge in [0.25, 0.3) is 5.92 Å². The van der Waals surface area contributed by atoms with Crippen LogP contribution in [0.3, 0.4) is 0 Å². The second-order valence-corrected chi connectivity index (χ2v) is 8.29. The zero-order valence-electron chi connectivity index (χ0n) is 15.7. The number of aromatic nitrogens is 4.